The highest BCUT2D eigenvalue weighted by atomic mass is 16.5. The number of rotatable bonds is 3. The molecule has 1 aromatic carbocycles. The molecule has 1 saturated heterocycles. The minimum atomic E-state index is -0.251. The van der Waals surface area contributed by atoms with E-state index in [4.69, 9.17) is 4.74 Å². The molecule has 0 spiro atoms. The van der Waals surface area contributed by atoms with Gasteiger partial charge in [-0.2, -0.15) is 0 Å². The molecule has 1 fully saturated rings. The Hall–Kier alpha value is -1.39. The van der Waals surface area contributed by atoms with Gasteiger partial charge in [0, 0.05) is 19.6 Å². The highest BCUT2D eigenvalue weighted by molar-refractivity contribution is 5.90. The predicted octanol–water partition coefficient (Wildman–Crippen LogP) is 1.27. The van der Waals surface area contributed by atoms with Crippen LogP contribution in [0.15, 0.2) is 24.3 Å². The highest BCUT2D eigenvalue weighted by Gasteiger charge is 2.14. The number of benzene rings is 1. The van der Waals surface area contributed by atoms with E-state index in [-0.39, 0.29) is 5.97 Å². The van der Waals surface area contributed by atoms with Crippen LogP contribution in [0.1, 0.15) is 22.3 Å². The topological polar surface area (TPSA) is 41.6 Å². The lowest BCUT2D eigenvalue weighted by molar-refractivity contribution is 0.0598. The van der Waals surface area contributed by atoms with Gasteiger partial charge in [0.05, 0.1) is 12.7 Å². The molecule has 98 valence electrons. The zero-order valence-electron chi connectivity index (χ0n) is 10.8. The maximum Gasteiger partial charge on any atom is 0.338 e. The average Bonchev–Trinajstić information content (AvgIpc) is 2.67. The van der Waals surface area contributed by atoms with Crippen molar-refractivity contribution in [3.05, 3.63) is 35.4 Å². The first-order valence-electron chi connectivity index (χ1n) is 6.40. The minimum Gasteiger partial charge on any atom is -0.465 e. The zero-order chi connectivity index (χ0) is 12.8. The van der Waals surface area contributed by atoms with Crippen LogP contribution < -0.4 is 5.32 Å². The molecule has 4 heteroatoms. The summed E-state index contributed by atoms with van der Waals surface area (Å²) >= 11 is 0. The van der Waals surface area contributed by atoms with E-state index in [9.17, 15) is 4.79 Å². The fourth-order valence-electron chi connectivity index (χ4n) is 2.27. The number of hydrogen-bond donors (Lipinski definition) is 1. The standard InChI is InChI=1S/C14H20N2O2/c1-18-14(17)13-6-3-2-5-12(13)11-16-9-4-7-15-8-10-16/h2-3,5-6,15H,4,7-11H2,1H3. The van der Waals surface area contributed by atoms with Crippen LogP contribution in [0.2, 0.25) is 0 Å². The van der Waals surface area contributed by atoms with Gasteiger partial charge in [-0.25, -0.2) is 4.79 Å². The minimum absolute atomic E-state index is 0.251. The summed E-state index contributed by atoms with van der Waals surface area (Å²) in [5.74, 6) is -0.251. The molecular formula is C14H20N2O2. The molecule has 4 nitrogen and oxygen atoms in total. The van der Waals surface area contributed by atoms with Crippen molar-refractivity contribution in [2.45, 2.75) is 13.0 Å². The summed E-state index contributed by atoms with van der Waals surface area (Å²) in [4.78, 5) is 14.1. The molecule has 0 radical (unpaired) electrons. The van der Waals surface area contributed by atoms with Gasteiger partial charge in [0.1, 0.15) is 0 Å². The molecular weight excluding hydrogens is 228 g/mol. The molecule has 1 heterocycles. The summed E-state index contributed by atoms with van der Waals surface area (Å²) in [5, 5.41) is 3.38. The molecule has 0 atom stereocenters. The van der Waals surface area contributed by atoms with E-state index >= 15 is 0 Å². The van der Waals surface area contributed by atoms with Gasteiger partial charge in [0.2, 0.25) is 0 Å². The average molecular weight is 248 g/mol. The van der Waals surface area contributed by atoms with Crippen LogP contribution in [0.4, 0.5) is 0 Å². The van der Waals surface area contributed by atoms with E-state index in [1.807, 2.05) is 24.3 Å². The van der Waals surface area contributed by atoms with Crippen LogP contribution in [-0.2, 0) is 11.3 Å². The van der Waals surface area contributed by atoms with Crippen LogP contribution >= 0.6 is 0 Å². The van der Waals surface area contributed by atoms with Crippen molar-refractivity contribution in [3.8, 4) is 0 Å². The van der Waals surface area contributed by atoms with Crippen LogP contribution in [0.3, 0.4) is 0 Å². The second kappa shape index (κ2) is 6.52. The quantitative estimate of drug-likeness (QED) is 0.818. The van der Waals surface area contributed by atoms with Gasteiger partial charge in [0.15, 0.2) is 0 Å². The Morgan fingerprint density at radius 3 is 3.00 bits per heavy atom. The van der Waals surface area contributed by atoms with Crippen LogP contribution in [0.25, 0.3) is 0 Å². The number of nitrogens with zero attached hydrogens (tertiary/aromatic N) is 1. The molecule has 0 bridgehead atoms. The van der Waals surface area contributed by atoms with E-state index in [0.29, 0.717) is 5.56 Å². The van der Waals surface area contributed by atoms with Gasteiger partial charge in [-0.1, -0.05) is 18.2 Å². The molecule has 0 unspecified atom stereocenters. The maximum absolute atomic E-state index is 11.7. The Morgan fingerprint density at radius 2 is 2.17 bits per heavy atom. The molecule has 18 heavy (non-hydrogen) atoms. The van der Waals surface area contributed by atoms with E-state index in [1.54, 1.807) is 0 Å². The first kappa shape index (κ1) is 13.1. The lowest BCUT2D eigenvalue weighted by Crippen LogP contribution is -2.28. The first-order chi connectivity index (χ1) is 8.81. The summed E-state index contributed by atoms with van der Waals surface area (Å²) < 4.78 is 4.82. The third-order valence-electron chi connectivity index (χ3n) is 3.25. The number of hydrogen-bond acceptors (Lipinski definition) is 4. The van der Waals surface area contributed by atoms with E-state index < -0.39 is 0 Å². The van der Waals surface area contributed by atoms with Gasteiger partial charge in [0.25, 0.3) is 0 Å². The molecule has 0 aromatic heterocycles. The number of nitrogens with one attached hydrogen (secondary N) is 1. The Kier molecular flexibility index (Phi) is 4.73. The Bertz CT molecular complexity index is 399. The molecule has 1 aliphatic rings. The summed E-state index contributed by atoms with van der Waals surface area (Å²) in [5.41, 5.74) is 1.73. The molecule has 1 aromatic rings. The van der Waals surface area contributed by atoms with E-state index in [0.717, 1.165) is 44.7 Å². The van der Waals surface area contributed by atoms with E-state index in [2.05, 4.69) is 10.2 Å². The number of methoxy groups -OCH3 is 1. The highest BCUT2D eigenvalue weighted by Crippen LogP contribution is 2.13. The molecule has 1 N–H and O–H groups in total. The molecule has 0 saturated carbocycles. The van der Waals surface area contributed by atoms with Gasteiger partial charge in [-0.3, -0.25) is 4.90 Å². The van der Waals surface area contributed by atoms with Crippen molar-refractivity contribution in [1.82, 2.24) is 10.2 Å². The summed E-state index contributed by atoms with van der Waals surface area (Å²) in [6.07, 6.45) is 1.15. The number of ether oxygens (including phenoxy) is 1. The smallest absolute Gasteiger partial charge is 0.338 e. The Balaban J connectivity index is 2.10. The van der Waals surface area contributed by atoms with Gasteiger partial charge >= 0.3 is 5.97 Å². The van der Waals surface area contributed by atoms with E-state index in [1.165, 1.54) is 7.11 Å². The third kappa shape index (κ3) is 3.31. The number of carbonyl (C=O) groups is 1. The fraction of sp³-hybridized carbons (Fsp3) is 0.500. The van der Waals surface area contributed by atoms with Crippen molar-refractivity contribution < 1.29 is 9.53 Å². The SMILES string of the molecule is COC(=O)c1ccccc1CN1CCCNCC1. The van der Waals surface area contributed by atoms with Gasteiger partial charge in [-0.15, -0.1) is 0 Å². The maximum atomic E-state index is 11.7. The Morgan fingerprint density at radius 1 is 1.33 bits per heavy atom. The first-order valence-corrected chi connectivity index (χ1v) is 6.40. The van der Waals surface area contributed by atoms with Crippen molar-refractivity contribution in [2.24, 2.45) is 0 Å². The zero-order valence-corrected chi connectivity index (χ0v) is 10.8. The van der Waals surface area contributed by atoms with Crippen LogP contribution in [0.5, 0.6) is 0 Å². The number of esters is 1. The van der Waals surface area contributed by atoms with Crippen molar-refractivity contribution in [3.63, 3.8) is 0 Å². The third-order valence-corrected chi connectivity index (χ3v) is 3.25. The van der Waals surface area contributed by atoms with Gasteiger partial charge < -0.3 is 10.1 Å². The van der Waals surface area contributed by atoms with Crippen molar-refractivity contribution >= 4 is 5.97 Å². The van der Waals surface area contributed by atoms with Gasteiger partial charge in [-0.05, 0) is 31.1 Å². The number of carbonyl (C=O) groups excluding carboxylic acids is 1. The largest absolute Gasteiger partial charge is 0.465 e. The fourth-order valence-corrected chi connectivity index (χ4v) is 2.27. The monoisotopic (exact) mass is 248 g/mol. The molecule has 0 aliphatic carbocycles. The Labute approximate surface area is 108 Å². The predicted molar refractivity (Wildman–Crippen MR) is 70.5 cm³/mol. The second-order valence-electron chi connectivity index (χ2n) is 4.53. The van der Waals surface area contributed by atoms with Crippen molar-refractivity contribution in [1.29, 1.82) is 0 Å². The van der Waals surface area contributed by atoms with Crippen LogP contribution in [-0.4, -0.2) is 44.2 Å². The summed E-state index contributed by atoms with van der Waals surface area (Å²) in [6.45, 7) is 5.00. The lowest BCUT2D eigenvalue weighted by atomic mass is 10.1. The summed E-state index contributed by atoms with van der Waals surface area (Å²) in [6, 6.07) is 7.68. The van der Waals surface area contributed by atoms with Crippen molar-refractivity contribution in [2.75, 3.05) is 33.3 Å². The molecule has 0 amide bonds. The molecule has 2 rings (SSSR count). The second-order valence-corrected chi connectivity index (χ2v) is 4.53. The normalized spacial score (nSPS) is 17.2. The lowest BCUT2D eigenvalue weighted by Gasteiger charge is -2.20. The molecule has 1 aliphatic heterocycles. The summed E-state index contributed by atoms with van der Waals surface area (Å²) in [7, 11) is 1.43. The van der Waals surface area contributed by atoms with Crippen LogP contribution in [0, 0.1) is 0 Å².